The summed E-state index contributed by atoms with van der Waals surface area (Å²) in [6, 6.07) is 21.4. The van der Waals surface area contributed by atoms with Crippen LogP contribution >= 0.6 is 0 Å². The van der Waals surface area contributed by atoms with Gasteiger partial charge in [-0.2, -0.15) is 0 Å². The summed E-state index contributed by atoms with van der Waals surface area (Å²) in [6.45, 7) is 0.844. The van der Waals surface area contributed by atoms with Crippen molar-refractivity contribution in [3.05, 3.63) is 96.4 Å². The number of benzene rings is 2. The summed E-state index contributed by atoms with van der Waals surface area (Å²) in [7, 11) is 0. The highest BCUT2D eigenvalue weighted by Crippen LogP contribution is 2.18. The lowest BCUT2D eigenvalue weighted by molar-refractivity contribution is -0.695. The zero-order valence-corrected chi connectivity index (χ0v) is 16.3. The number of nitrogens with zero attached hydrogens (tertiary/aromatic N) is 1. The molecule has 0 atom stereocenters. The molecule has 2 N–H and O–H groups in total. The molecule has 0 fully saturated rings. The second kappa shape index (κ2) is 8.64. The first kappa shape index (κ1) is 18.9. The average molecular weight is 422 g/mol. The Hall–Kier alpha value is -2.92. The largest absolute Gasteiger partial charge is 1.00 e. The lowest BCUT2D eigenvalue weighted by Gasteiger charge is -2.04. The third-order valence-corrected chi connectivity index (χ3v) is 4.47. The highest BCUT2D eigenvalue weighted by molar-refractivity contribution is 6.04. The first-order valence-corrected chi connectivity index (χ1v) is 8.70. The van der Waals surface area contributed by atoms with Gasteiger partial charge in [0.25, 0.3) is 5.91 Å². The van der Waals surface area contributed by atoms with E-state index in [1.54, 1.807) is 0 Å². The van der Waals surface area contributed by atoms with Crippen LogP contribution in [0.2, 0.25) is 0 Å². The van der Waals surface area contributed by atoms with Gasteiger partial charge in [0.2, 0.25) is 0 Å². The number of anilines is 1. The minimum absolute atomic E-state index is 0. The Morgan fingerprint density at radius 2 is 1.74 bits per heavy atom. The number of H-pyrrole nitrogens is 1. The molecule has 2 heterocycles. The van der Waals surface area contributed by atoms with Gasteiger partial charge in [0.05, 0.1) is 0 Å². The topological polar surface area (TPSA) is 48.8 Å². The van der Waals surface area contributed by atoms with Gasteiger partial charge in [-0.1, -0.05) is 36.4 Å². The zero-order valence-electron chi connectivity index (χ0n) is 14.7. The Morgan fingerprint density at radius 1 is 0.963 bits per heavy atom. The van der Waals surface area contributed by atoms with Crippen molar-refractivity contribution in [3.8, 4) is 0 Å². The fraction of sp³-hybridized carbons (Fsp3) is 0.0909. The number of rotatable bonds is 5. The van der Waals surface area contributed by atoms with Crippen molar-refractivity contribution in [2.45, 2.75) is 13.0 Å². The summed E-state index contributed by atoms with van der Waals surface area (Å²) in [4.78, 5) is 15.6. The molecule has 136 valence electrons. The third-order valence-electron chi connectivity index (χ3n) is 4.47. The molecule has 0 aliphatic rings. The van der Waals surface area contributed by atoms with Crippen molar-refractivity contribution in [2.75, 3.05) is 5.32 Å². The number of fused-ring (bicyclic) bond motifs is 1. The smallest absolute Gasteiger partial charge is 0.255 e. The molecular formula is C22H20BrN3O. The van der Waals surface area contributed by atoms with Gasteiger partial charge in [-0.15, -0.1) is 0 Å². The number of amides is 1. The van der Waals surface area contributed by atoms with E-state index in [1.165, 1.54) is 10.9 Å². The summed E-state index contributed by atoms with van der Waals surface area (Å²) in [5.74, 6) is -0.0972. The van der Waals surface area contributed by atoms with E-state index in [-0.39, 0.29) is 22.9 Å². The fourth-order valence-electron chi connectivity index (χ4n) is 3.12. The maximum absolute atomic E-state index is 12.3. The van der Waals surface area contributed by atoms with Crippen molar-refractivity contribution >= 4 is 22.5 Å². The first-order valence-electron chi connectivity index (χ1n) is 8.70. The maximum Gasteiger partial charge on any atom is 0.255 e. The predicted molar refractivity (Wildman–Crippen MR) is 103 cm³/mol. The monoisotopic (exact) mass is 421 g/mol. The quantitative estimate of drug-likeness (QED) is 0.463. The predicted octanol–water partition coefficient (Wildman–Crippen LogP) is 0.954. The Kier molecular flexibility index (Phi) is 6.04. The number of pyridine rings is 1. The van der Waals surface area contributed by atoms with Crippen LogP contribution in [0, 0.1) is 0 Å². The van der Waals surface area contributed by atoms with Gasteiger partial charge >= 0.3 is 0 Å². The van der Waals surface area contributed by atoms with Crippen molar-refractivity contribution in [1.82, 2.24) is 4.98 Å². The standard InChI is InChI=1S/C22H19N3O.BrH/c26-22(17-7-2-1-3-8-17)24-19-9-6-13-25(16-19)14-12-18-15-23-21-11-5-4-10-20(18)21;/h1-11,13,15-16,23H,12,14H2;1H. The Morgan fingerprint density at radius 3 is 2.59 bits per heavy atom. The number of carbonyl (C=O) groups excluding carboxylic acids is 1. The fourth-order valence-corrected chi connectivity index (χ4v) is 3.12. The van der Waals surface area contributed by atoms with Crippen molar-refractivity contribution in [1.29, 1.82) is 0 Å². The molecule has 0 aliphatic heterocycles. The normalized spacial score (nSPS) is 10.4. The van der Waals surface area contributed by atoms with Gasteiger partial charge < -0.3 is 27.3 Å². The maximum atomic E-state index is 12.3. The van der Waals surface area contributed by atoms with Gasteiger partial charge in [0, 0.05) is 35.2 Å². The van der Waals surface area contributed by atoms with Gasteiger partial charge in [0.15, 0.2) is 18.9 Å². The van der Waals surface area contributed by atoms with Gasteiger partial charge in [0.1, 0.15) is 5.69 Å². The van der Waals surface area contributed by atoms with Crippen molar-refractivity contribution < 1.29 is 26.3 Å². The number of hydrogen-bond acceptors (Lipinski definition) is 1. The van der Waals surface area contributed by atoms with Gasteiger partial charge in [-0.3, -0.25) is 4.79 Å². The molecule has 0 spiro atoms. The van der Waals surface area contributed by atoms with Crippen LogP contribution in [-0.4, -0.2) is 10.9 Å². The summed E-state index contributed by atoms with van der Waals surface area (Å²) >= 11 is 0. The Balaban J connectivity index is 0.00000210. The molecule has 0 bridgehead atoms. The lowest BCUT2D eigenvalue weighted by atomic mass is 10.1. The number of nitrogens with one attached hydrogen (secondary N) is 2. The third kappa shape index (κ3) is 4.44. The van der Waals surface area contributed by atoms with E-state index in [0.29, 0.717) is 5.56 Å². The van der Waals surface area contributed by atoms with Crippen molar-refractivity contribution in [3.63, 3.8) is 0 Å². The summed E-state index contributed by atoms with van der Waals surface area (Å²) in [6.07, 6.45) is 6.99. The molecular weight excluding hydrogens is 402 g/mol. The minimum atomic E-state index is -0.0972. The molecule has 1 amide bonds. The number of halogens is 1. The molecule has 4 rings (SSSR count). The minimum Gasteiger partial charge on any atom is -1.00 e. The Bertz CT molecular complexity index is 1040. The highest BCUT2D eigenvalue weighted by Gasteiger charge is 2.10. The van der Waals surface area contributed by atoms with Crippen LogP contribution in [0.1, 0.15) is 15.9 Å². The number of aromatic amines is 1. The highest BCUT2D eigenvalue weighted by atomic mass is 79.9. The van der Waals surface area contributed by atoms with E-state index in [1.807, 2.05) is 60.9 Å². The Labute approximate surface area is 168 Å². The summed E-state index contributed by atoms with van der Waals surface area (Å²) in [5.41, 5.74) is 3.91. The molecule has 4 aromatic rings. The first-order chi connectivity index (χ1) is 12.8. The van der Waals surface area contributed by atoms with Gasteiger partial charge in [-0.25, -0.2) is 4.57 Å². The molecule has 27 heavy (non-hydrogen) atoms. The zero-order chi connectivity index (χ0) is 17.8. The van der Waals surface area contributed by atoms with E-state index < -0.39 is 0 Å². The van der Waals surface area contributed by atoms with Crippen LogP contribution in [0.25, 0.3) is 10.9 Å². The summed E-state index contributed by atoms with van der Waals surface area (Å²) < 4.78 is 2.10. The number of para-hydroxylation sites is 1. The second-order valence-electron chi connectivity index (χ2n) is 6.26. The molecule has 2 aromatic heterocycles. The van der Waals surface area contributed by atoms with Crippen LogP contribution in [0.15, 0.2) is 85.3 Å². The molecule has 0 aliphatic carbocycles. The van der Waals surface area contributed by atoms with Gasteiger partial charge in [-0.05, 0) is 29.8 Å². The molecule has 0 radical (unpaired) electrons. The van der Waals surface area contributed by atoms with Crippen LogP contribution < -0.4 is 26.9 Å². The second-order valence-corrected chi connectivity index (χ2v) is 6.26. The average Bonchev–Trinajstić information content (AvgIpc) is 3.10. The molecule has 5 heteroatoms. The SMILES string of the molecule is O=C(Nc1ccc[n+](CCc2c[nH]c3ccccc23)c1)c1ccccc1.[Br-]. The van der Waals surface area contributed by atoms with E-state index in [4.69, 9.17) is 0 Å². The van der Waals surface area contributed by atoms with E-state index >= 15 is 0 Å². The van der Waals surface area contributed by atoms with Crippen LogP contribution in [0.3, 0.4) is 0 Å². The van der Waals surface area contributed by atoms with Crippen molar-refractivity contribution in [2.24, 2.45) is 0 Å². The number of hydrogen-bond donors (Lipinski definition) is 2. The van der Waals surface area contributed by atoms with Crippen LogP contribution in [0.5, 0.6) is 0 Å². The lowest BCUT2D eigenvalue weighted by Crippen LogP contribution is -3.00. The molecule has 0 saturated carbocycles. The number of carbonyl (C=O) groups is 1. The molecule has 4 nitrogen and oxygen atoms in total. The molecule has 0 saturated heterocycles. The van der Waals surface area contributed by atoms with E-state index in [9.17, 15) is 4.79 Å². The molecule has 2 aromatic carbocycles. The summed E-state index contributed by atoms with van der Waals surface area (Å²) in [5, 5.41) is 4.22. The number of aromatic nitrogens is 2. The van der Waals surface area contributed by atoms with E-state index in [0.717, 1.165) is 24.2 Å². The van der Waals surface area contributed by atoms with E-state index in [2.05, 4.69) is 39.3 Å². The molecule has 0 unspecified atom stereocenters. The van der Waals surface area contributed by atoms with Crippen LogP contribution in [0.4, 0.5) is 5.69 Å². The van der Waals surface area contributed by atoms with Crippen LogP contribution in [-0.2, 0) is 13.0 Å². The number of aryl methyl sites for hydroxylation is 2.